The summed E-state index contributed by atoms with van der Waals surface area (Å²) in [6.07, 6.45) is 7.28. The smallest absolute Gasteiger partial charge is 0.117 e. The standard InChI is InChI=1S/C14H24N2O/c1-12(16(2)13-6-3-4-7-13)10-15-11-14-8-5-9-17-14/h5,8-9,12-13,15H,3-4,6-7,10-11H2,1-2H3. The van der Waals surface area contributed by atoms with Gasteiger partial charge in [-0.1, -0.05) is 12.8 Å². The third-order valence-electron chi connectivity index (χ3n) is 3.91. The summed E-state index contributed by atoms with van der Waals surface area (Å²) in [6.45, 7) is 4.15. The van der Waals surface area contributed by atoms with Crippen LogP contribution in [0.15, 0.2) is 22.8 Å². The van der Waals surface area contributed by atoms with Gasteiger partial charge in [0, 0.05) is 18.6 Å². The maximum absolute atomic E-state index is 5.30. The normalized spacial score (nSPS) is 19.0. The molecule has 1 N–H and O–H groups in total. The van der Waals surface area contributed by atoms with Crippen LogP contribution in [0.4, 0.5) is 0 Å². The topological polar surface area (TPSA) is 28.4 Å². The van der Waals surface area contributed by atoms with Gasteiger partial charge in [-0.25, -0.2) is 0 Å². The molecule has 1 aliphatic carbocycles. The van der Waals surface area contributed by atoms with Crippen LogP contribution in [0, 0.1) is 0 Å². The molecule has 1 saturated carbocycles. The van der Waals surface area contributed by atoms with Gasteiger partial charge >= 0.3 is 0 Å². The van der Waals surface area contributed by atoms with Crippen molar-refractivity contribution in [1.29, 1.82) is 0 Å². The Morgan fingerprint density at radius 3 is 2.88 bits per heavy atom. The molecule has 17 heavy (non-hydrogen) atoms. The molecule has 1 aromatic heterocycles. The van der Waals surface area contributed by atoms with E-state index in [1.54, 1.807) is 6.26 Å². The summed E-state index contributed by atoms with van der Waals surface area (Å²) in [5.41, 5.74) is 0. The second-order valence-electron chi connectivity index (χ2n) is 5.16. The largest absolute Gasteiger partial charge is 0.468 e. The molecule has 0 radical (unpaired) electrons. The first kappa shape index (κ1) is 12.7. The van der Waals surface area contributed by atoms with E-state index < -0.39 is 0 Å². The molecule has 1 atom stereocenters. The maximum Gasteiger partial charge on any atom is 0.117 e. The molecule has 0 aromatic carbocycles. The van der Waals surface area contributed by atoms with Crippen molar-refractivity contribution < 1.29 is 4.42 Å². The lowest BCUT2D eigenvalue weighted by Gasteiger charge is -2.30. The van der Waals surface area contributed by atoms with E-state index >= 15 is 0 Å². The van der Waals surface area contributed by atoms with Crippen molar-refractivity contribution in [3.8, 4) is 0 Å². The van der Waals surface area contributed by atoms with Crippen LogP contribution in [0.25, 0.3) is 0 Å². The highest BCUT2D eigenvalue weighted by molar-refractivity contribution is 4.97. The molecule has 3 nitrogen and oxygen atoms in total. The summed E-state index contributed by atoms with van der Waals surface area (Å²) in [4.78, 5) is 2.53. The second kappa shape index (κ2) is 6.22. The molecule has 0 saturated heterocycles. The van der Waals surface area contributed by atoms with E-state index in [1.807, 2.05) is 12.1 Å². The van der Waals surface area contributed by atoms with E-state index in [9.17, 15) is 0 Å². The lowest BCUT2D eigenvalue weighted by atomic mass is 10.1. The number of hydrogen-bond acceptors (Lipinski definition) is 3. The Labute approximate surface area is 104 Å². The molecule has 0 bridgehead atoms. The first-order chi connectivity index (χ1) is 8.27. The molecule has 1 heterocycles. The SMILES string of the molecule is CC(CNCc1ccco1)N(C)C1CCCC1. The Kier molecular flexibility index (Phi) is 4.63. The zero-order chi connectivity index (χ0) is 12.1. The molecule has 0 spiro atoms. The first-order valence-electron chi connectivity index (χ1n) is 6.72. The van der Waals surface area contributed by atoms with Gasteiger partial charge in [0.2, 0.25) is 0 Å². The molecule has 1 fully saturated rings. The van der Waals surface area contributed by atoms with E-state index in [-0.39, 0.29) is 0 Å². The van der Waals surface area contributed by atoms with Gasteiger partial charge in [-0.3, -0.25) is 4.90 Å². The van der Waals surface area contributed by atoms with E-state index in [1.165, 1.54) is 25.7 Å². The number of nitrogens with zero attached hydrogens (tertiary/aromatic N) is 1. The molecular weight excluding hydrogens is 212 g/mol. The van der Waals surface area contributed by atoms with Crippen molar-refractivity contribution in [2.24, 2.45) is 0 Å². The van der Waals surface area contributed by atoms with Crippen LogP contribution in [-0.4, -0.2) is 30.6 Å². The fourth-order valence-electron chi connectivity index (χ4n) is 2.63. The third kappa shape index (κ3) is 3.58. The van der Waals surface area contributed by atoms with Crippen LogP contribution < -0.4 is 5.32 Å². The summed E-state index contributed by atoms with van der Waals surface area (Å²) in [5, 5.41) is 3.46. The molecule has 3 heteroatoms. The minimum atomic E-state index is 0.591. The predicted octanol–water partition coefficient (Wildman–Crippen LogP) is 2.63. The van der Waals surface area contributed by atoms with E-state index in [2.05, 4.69) is 24.2 Å². The fourth-order valence-corrected chi connectivity index (χ4v) is 2.63. The fraction of sp³-hybridized carbons (Fsp3) is 0.714. The number of likely N-dealkylation sites (N-methyl/N-ethyl adjacent to an activating group) is 1. The summed E-state index contributed by atoms with van der Waals surface area (Å²) in [7, 11) is 2.26. The van der Waals surface area contributed by atoms with Gasteiger partial charge in [0.15, 0.2) is 0 Å². The minimum absolute atomic E-state index is 0.591. The molecule has 0 amide bonds. The van der Waals surface area contributed by atoms with Gasteiger partial charge in [0.05, 0.1) is 12.8 Å². The number of hydrogen-bond donors (Lipinski definition) is 1. The van der Waals surface area contributed by atoms with Gasteiger partial charge in [-0.05, 0) is 38.9 Å². The van der Waals surface area contributed by atoms with Crippen LogP contribution in [0.5, 0.6) is 0 Å². The summed E-state index contributed by atoms with van der Waals surface area (Å²) >= 11 is 0. The minimum Gasteiger partial charge on any atom is -0.468 e. The maximum atomic E-state index is 5.30. The Morgan fingerprint density at radius 2 is 2.24 bits per heavy atom. The molecule has 1 aliphatic rings. The number of rotatable bonds is 6. The highest BCUT2D eigenvalue weighted by atomic mass is 16.3. The van der Waals surface area contributed by atoms with Crippen LogP contribution in [0.2, 0.25) is 0 Å². The van der Waals surface area contributed by atoms with Crippen LogP contribution >= 0.6 is 0 Å². The summed E-state index contributed by atoms with van der Waals surface area (Å²) < 4.78 is 5.30. The molecular formula is C14H24N2O. The van der Waals surface area contributed by atoms with Gasteiger partial charge in [-0.2, -0.15) is 0 Å². The Bertz CT molecular complexity index is 304. The van der Waals surface area contributed by atoms with Crippen molar-refractivity contribution >= 4 is 0 Å². The van der Waals surface area contributed by atoms with Crippen molar-refractivity contribution in [3.05, 3.63) is 24.2 Å². The predicted molar refractivity (Wildman–Crippen MR) is 69.9 cm³/mol. The van der Waals surface area contributed by atoms with Crippen molar-refractivity contribution in [2.45, 2.75) is 51.2 Å². The first-order valence-corrected chi connectivity index (χ1v) is 6.72. The van der Waals surface area contributed by atoms with Crippen molar-refractivity contribution in [3.63, 3.8) is 0 Å². The molecule has 1 aromatic rings. The zero-order valence-corrected chi connectivity index (χ0v) is 11.0. The van der Waals surface area contributed by atoms with Crippen LogP contribution in [0.3, 0.4) is 0 Å². The van der Waals surface area contributed by atoms with Crippen molar-refractivity contribution in [1.82, 2.24) is 10.2 Å². The molecule has 2 rings (SSSR count). The van der Waals surface area contributed by atoms with Gasteiger partial charge in [-0.15, -0.1) is 0 Å². The van der Waals surface area contributed by atoms with Gasteiger partial charge in [0.1, 0.15) is 5.76 Å². The molecule has 0 aliphatic heterocycles. The number of nitrogens with one attached hydrogen (secondary N) is 1. The lowest BCUT2D eigenvalue weighted by molar-refractivity contribution is 0.182. The summed E-state index contributed by atoms with van der Waals surface area (Å²) in [6, 6.07) is 5.34. The monoisotopic (exact) mass is 236 g/mol. The zero-order valence-electron chi connectivity index (χ0n) is 11.0. The van der Waals surface area contributed by atoms with Crippen molar-refractivity contribution in [2.75, 3.05) is 13.6 Å². The highest BCUT2D eigenvalue weighted by Gasteiger charge is 2.22. The van der Waals surface area contributed by atoms with E-state index in [4.69, 9.17) is 4.42 Å². The molecule has 1 unspecified atom stereocenters. The highest BCUT2D eigenvalue weighted by Crippen LogP contribution is 2.23. The Hall–Kier alpha value is -0.800. The lowest BCUT2D eigenvalue weighted by Crippen LogP contribution is -2.42. The molecule has 96 valence electrons. The number of furan rings is 1. The summed E-state index contributed by atoms with van der Waals surface area (Å²) in [5.74, 6) is 1.01. The third-order valence-corrected chi connectivity index (χ3v) is 3.91. The van der Waals surface area contributed by atoms with E-state index in [0.717, 1.165) is 24.9 Å². The quantitative estimate of drug-likeness (QED) is 0.823. The van der Waals surface area contributed by atoms with Crippen LogP contribution in [0.1, 0.15) is 38.4 Å². The van der Waals surface area contributed by atoms with Gasteiger partial charge in [0.25, 0.3) is 0 Å². The Balaban J connectivity index is 1.67. The van der Waals surface area contributed by atoms with E-state index in [0.29, 0.717) is 6.04 Å². The van der Waals surface area contributed by atoms with Crippen LogP contribution in [-0.2, 0) is 6.54 Å². The van der Waals surface area contributed by atoms with Gasteiger partial charge < -0.3 is 9.73 Å². The average molecular weight is 236 g/mol. The Morgan fingerprint density at radius 1 is 1.47 bits per heavy atom. The second-order valence-corrected chi connectivity index (χ2v) is 5.16. The average Bonchev–Trinajstić information content (AvgIpc) is 3.00.